The maximum absolute atomic E-state index is 3.54. The van der Waals surface area contributed by atoms with Crippen molar-refractivity contribution in [3.63, 3.8) is 0 Å². The number of benzene rings is 3. The standard InChI is InChI=1S/C20H17/c1-3-8-17(9-4-1)14-19-12-7-13-20(16-19)15-18-10-5-2-6-11-18/h1-13H,14-15H2. The lowest BCUT2D eigenvalue weighted by molar-refractivity contribution is 1.13. The molecule has 0 bridgehead atoms. The van der Waals surface area contributed by atoms with Crippen LogP contribution in [-0.2, 0) is 12.8 Å². The van der Waals surface area contributed by atoms with E-state index in [0.29, 0.717) is 0 Å². The van der Waals surface area contributed by atoms with Gasteiger partial charge in [-0.3, -0.25) is 0 Å². The first-order valence-electron chi connectivity index (χ1n) is 6.98. The third kappa shape index (κ3) is 3.36. The first kappa shape index (κ1) is 12.7. The van der Waals surface area contributed by atoms with Crippen molar-refractivity contribution in [3.05, 3.63) is 107 Å². The Kier molecular flexibility index (Phi) is 3.93. The highest BCUT2D eigenvalue weighted by Crippen LogP contribution is 2.13. The molecule has 0 heterocycles. The van der Waals surface area contributed by atoms with Gasteiger partial charge in [0.1, 0.15) is 0 Å². The van der Waals surface area contributed by atoms with Crippen molar-refractivity contribution in [3.8, 4) is 0 Å². The van der Waals surface area contributed by atoms with Crippen LogP contribution in [0.2, 0.25) is 0 Å². The van der Waals surface area contributed by atoms with Crippen LogP contribution in [0.25, 0.3) is 0 Å². The van der Waals surface area contributed by atoms with Crippen molar-refractivity contribution in [2.45, 2.75) is 12.8 Å². The van der Waals surface area contributed by atoms with Gasteiger partial charge >= 0.3 is 0 Å². The van der Waals surface area contributed by atoms with Crippen LogP contribution >= 0.6 is 0 Å². The molecule has 0 aromatic heterocycles. The van der Waals surface area contributed by atoms with Gasteiger partial charge in [0.2, 0.25) is 0 Å². The molecule has 0 spiro atoms. The zero-order chi connectivity index (χ0) is 13.6. The summed E-state index contributed by atoms with van der Waals surface area (Å²) in [5.41, 5.74) is 5.18. The smallest absolute Gasteiger partial charge is 0.00195 e. The predicted octanol–water partition coefficient (Wildman–Crippen LogP) is 4.67. The number of hydrogen-bond acceptors (Lipinski definition) is 0. The lowest BCUT2D eigenvalue weighted by Crippen LogP contribution is -1.92. The minimum Gasteiger partial charge on any atom is -0.0622 e. The highest BCUT2D eigenvalue weighted by molar-refractivity contribution is 5.31. The molecule has 0 saturated heterocycles. The quantitative estimate of drug-likeness (QED) is 0.637. The van der Waals surface area contributed by atoms with E-state index in [2.05, 4.69) is 84.9 Å². The highest BCUT2D eigenvalue weighted by Gasteiger charge is 2.00. The molecule has 97 valence electrons. The van der Waals surface area contributed by atoms with E-state index in [-0.39, 0.29) is 0 Å². The van der Waals surface area contributed by atoms with Crippen molar-refractivity contribution in [1.82, 2.24) is 0 Å². The SMILES string of the molecule is [c]1c(Cc2ccccc2)cccc1Cc1ccccc1. The third-order valence-corrected chi connectivity index (χ3v) is 3.39. The average molecular weight is 257 g/mol. The normalized spacial score (nSPS) is 10.4. The second kappa shape index (κ2) is 6.21. The molecule has 20 heavy (non-hydrogen) atoms. The molecule has 3 rings (SSSR count). The third-order valence-electron chi connectivity index (χ3n) is 3.39. The first-order valence-corrected chi connectivity index (χ1v) is 6.98. The minimum atomic E-state index is 0.948. The lowest BCUT2D eigenvalue weighted by Gasteiger charge is -2.05. The molecule has 0 heteroatoms. The van der Waals surface area contributed by atoms with E-state index in [0.717, 1.165) is 12.8 Å². The van der Waals surface area contributed by atoms with Crippen LogP contribution in [0.5, 0.6) is 0 Å². The summed E-state index contributed by atoms with van der Waals surface area (Å²) in [6, 6.07) is 31.1. The van der Waals surface area contributed by atoms with Gasteiger partial charge in [0.15, 0.2) is 0 Å². The highest BCUT2D eigenvalue weighted by atomic mass is 14.0. The van der Waals surface area contributed by atoms with E-state index in [1.807, 2.05) is 0 Å². The molecule has 1 radical (unpaired) electrons. The number of hydrogen-bond donors (Lipinski definition) is 0. The van der Waals surface area contributed by atoms with Crippen molar-refractivity contribution < 1.29 is 0 Å². The van der Waals surface area contributed by atoms with Gasteiger partial charge in [-0.2, -0.15) is 0 Å². The summed E-state index contributed by atoms with van der Waals surface area (Å²) in [7, 11) is 0. The Bertz CT molecular complexity index is 597. The maximum Gasteiger partial charge on any atom is -0.00195 e. The average Bonchev–Trinajstić information content (AvgIpc) is 2.50. The second-order valence-corrected chi connectivity index (χ2v) is 5.03. The molecule has 0 saturated carbocycles. The van der Waals surface area contributed by atoms with E-state index >= 15 is 0 Å². The summed E-state index contributed by atoms with van der Waals surface area (Å²) >= 11 is 0. The van der Waals surface area contributed by atoms with Crippen LogP contribution in [0.3, 0.4) is 0 Å². The van der Waals surface area contributed by atoms with Crippen LogP contribution in [0.15, 0.2) is 78.9 Å². The second-order valence-electron chi connectivity index (χ2n) is 5.03. The van der Waals surface area contributed by atoms with Gasteiger partial charge < -0.3 is 0 Å². The van der Waals surface area contributed by atoms with E-state index in [1.165, 1.54) is 22.3 Å². The Balaban J connectivity index is 1.76. The molecule has 0 atom stereocenters. The van der Waals surface area contributed by atoms with Gasteiger partial charge in [-0.15, -0.1) is 0 Å². The summed E-state index contributed by atoms with van der Waals surface area (Å²) in [5, 5.41) is 0. The molecule has 0 nitrogen and oxygen atoms in total. The Labute approximate surface area is 120 Å². The summed E-state index contributed by atoms with van der Waals surface area (Å²) < 4.78 is 0. The Morgan fingerprint density at radius 1 is 0.500 bits per heavy atom. The molecule has 3 aromatic carbocycles. The maximum atomic E-state index is 3.54. The zero-order valence-corrected chi connectivity index (χ0v) is 11.4. The lowest BCUT2D eigenvalue weighted by atomic mass is 9.99. The summed E-state index contributed by atoms with van der Waals surface area (Å²) in [5.74, 6) is 0. The fourth-order valence-corrected chi connectivity index (χ4v) is 2.41. The van der Waals surface area contributed by atoms with Crippen molar-refractivity contribution in [2.24, 2.45) is 0 Å². The van der Waals surface area contributed by atoms with Crippen LogP contribution in [0.1, 0.15) is 22.3 Å². The predicted molar refractivity (Wildman–Crippen MR) is 83.8 cm³/mol. The largest absolute Gasteiger partial charge is 0.0622 e. The van der Waals surface area contributed by atoms with Crippen molar-refractivity contribution >= 4 is 0 Å². The van der Waals surface area contributed by atoms with Crippen LogP contribution in [0.4, 0.5) is 0 Å². The topological polar surface area (TPSA) is 0 Å². The summed E-state index contributed by atoms with van der Waals surface area (Å²) in [6.07, 6.45) is 1.90. The minimum absolute atomic E-state index is 0.948. The molecule has 0 unspecified atom stereocenters. The fourth-order valence-electron chi connectivity index (χ4n) is 2.41. The van der Waals surface area contributed by atoms with Gasteiger partial charge in [0.05, 0.1) is 0 Å². The van der Waals surface area contributed by atoms with Gasteiger partial charge in [0, 0.05) is 0 Å². The monoisotopic (exact) mass is 257 g/mol. The molecule has 3 aromatic rings. The Morgan fingerprint density at radius 2 is 0.950 bits per heavy atom. The molecule has 0 aliphatic rings. The molecule has 0 fully saturated rings. The van der Waals surface area contributed by atoms with E-state index in [1.54, 1.807) is 0 Å². The van der Waals surface area contributed by atoms with Crippen LogP contribution in [-0.4, -0.2) is 0 Å². The van der Waals surface area contributed by atoms with E-state index in [4.69, 9.17) is 0 Å². The molecule has 0 aliphatic heterocycles. The van der Waals surface area contributed by atoms with E-state index < -0.39 is 0 Å². The fraction of sp³-hybridized carbons (Fsp3) is 0.100. The van der Waals surface area contributed by atoms with Crippen LogP contribution < -0.4 is 0 Å². The van der Waals surface area contributed by atoms with Gasteiger partial charge in [-0.25, -0.2) is 0 Å². The van der Waals surface area contributed by atoms with Gasteiger partial charge in [-0.1, -0.05) is 78.9 Å². The van der Waals surface area contributed by atoms with Gasteiger partial charge in [-0.05, 0) is 41.2 Å². The van der Waals surface area contributed by atoms with Gasteiger partial charge in [0.25, 0.3) is 0 Å². The summed E-state index contributed by atoms with van der Waals surface area (Å²) in [6.45, 7) is 0. The van der Waals surface area contributed by atoms with Crippen molar-refractivity contribution in [1.29, 1.82) is 0 Å². The Hall–Kier alpha value is -2.34. The summed E-state index contributed by atoms with van der Waals surface area (Å²) in [4.78, 5) is 0. The molecular weight excluding hydrogens is 240 g/mol. The molecule has 0 aliphatic carbocycles. The number of rotatable bonds is 4. The van der Waals surface area contributed by atoms with E-state index in [9.17, 15) is 0 Å². The molecule has 0 amide bonds. The molecular formula is C20H17. The zero-order valence-electron chi connectivity index (χ0n) is 11.4. The Morgan fingerprint density at radius 3 is 1.40 bits per heavy atom. The first-order chi connectivity index (χ1) is 9.90. The molecule has 0 N–H and O–H groups in total. The van der Waals surface area contributed by atoms with Crippen LogP contribution in [0, 0.1) is 6.07 Å². The van der Waals surface area contributed by atoms with Crippen molar-refractivity contribution in [2.75, 3.05) is 0 Å².